The van der Waals surface area contributed by atoms with Crippen LogP contribution in [0.1, 0.15) is 5.69 Å². The molecule has 1 unspecified atom stereocenters. The van der Waals surface area contributed by atoms with E-state index in [0.29, 0.717) is 12.1 Å². The van der Waals surface area contributed by atoms with Crippen molar-refractivity contribution in [2.45, 2.75) is 14.8 Å². The van der Waals surface area contributed by atoms with Gasteiger partial charge in [0.05, 0.1) is 0 Å². The van der Waals surface area contributed by atoms with E-state index in [4.69, 9.17) is 0 Å². The van der Waals surface area contributed by atoms with Gasteiger partial charge in [-0.15, -0.1) is 0 Å². The molecule has 0 bridgehead atoms. The van der Waals surface area contributed by atoms with Crippen molar-refractivity contribution in [2.75, 3.05) is 0 Å². The van der Waals surface area contributed by atoms with Gasteiger partial charge in [0.2, 0.25) is 0 Å². The van der Waals surface area contributed by atoms with E-state index in [9.17, 15) is 5.26 Å². The molecule has 7 heteroatoms. The normalized spacial score (nSPS) is 11.9. The van der Waals surface area contributed by atoms with Crippen molar-refractivity contribution in [1.82, 2.24) is 14.5 Å². The second-order valence-corrected chi connectivity index (χ2v) is 21.6. The molecule has 0 saturated heterocycles. The average Bonchev–Trinajstić information content (AvgIpc) is 2.85. The summed E-state index contributed by atoms with van der Waals surface area (Å²) in [4.78, 5) is 11.5. The van der Waals surface area contributed by atoms with Crippen LogP contribution in [-0.2, 0) is 0 Å². The van der Waals surface area contributed by atoms with E-state index in [1.54, 1.807) is 6.20 Å². The summed E-state index contributed by atoms with van der Waals surface area (Å²) < 4.78 is 3.01. The van der Waals surface area contributed by atoms with E-state index in [1.165, 1.54) is 0 Å². The van der Waals surface area contributed by atoms with Gasteiger partial charge >= 0.3 is 133 Å². The van der Waals surface area contributed by atoms with Crippen molar-refractivity contribution in [3.8, 4) is 17.2 Å². The third-order valence-electron chi connectivity index (χ3n) is 2.75. The topological polar surface area (TPSA) is 54.5 Å². The number of hydrogen-bond donors (Lipinski definition) is 0. The summed E-state index contributed by atoms with van der Waals surface area (Å²) in [5, 5.41) is 13.6. The van der Waals surface area contributed by atoms with Gasteiger partial charge in [-0.25, -0.2) is 0 Å². The summed E-state index contributed by atoms with van der Waals surface area (Å²) in [5.41, 5.74) is 2.35. The Hall–Kier alpha value is -0.191. The fourth-order valence-corrected chi connectivity index (χ4v) is 5.73. The number of halogens is 1. The van der Waals surface area contributed by atoms with Gasteiger partial charge in [-0.3, -0.25) is 0 Å². The summed E-state index contributed by atoms with van der Waals surface area (Å²) in [7, 11) is 0. The molecule has 0 saturated carbocycles. The zero-order valence-electron chi connectivity index (χ0n) is 11.0. The molecule has 0 fully saturated rings. The van der Waals surface area contributed by atoms with Crippen LogP contribution in [0.2, 0.25) is 14.8 Å². The predicted octanol–water partition coefficient (Wildman–Crippen LogP) is 3.15. The predicted molar refractivity (Wildman–Crippen MR) is 90.9 cm³/mol. The minimum atomic E-state index is -2.22. The summed E-state index contributed by atoms with van der Waals surface area (Å²) in [5.74, 6) is 0. The fraction of sp³-hybridized carbons (Fsp3) is 0.250. The van der Waals surface area contributed by atoms with Crippen LogP contribution in [0.5, 0.6) is 0 Å². The van der Waals surface area contributed by atoms with Gasteiger partial charge < -0.3 is 0 Å². The molecule has 98 valence electrons. The third kappa shape index (κ3) is 3.47. The van der Waals surface area contributed by atoms with Crippen molar-refractivity contribution in [2.24, 2.45) is 0 Å². The van der Waals surface area contributed by atoms with Gasteiger partial charge in [-0.2, -0.15) is 0 Å². The van der Waals surface area contributed by atoms with Gasteiger partial charge in [0.15, 0.2) is 0 Å². The Morgan fingerprint density at radius 2 is 2.11 bits per heavy atom. The first-order chi connectivity index (χ1) is 8.95. The first-order valence-electron chi connectivity index (χ1n) is 5.79. The number of rotatable bonds is 3. The molecule has 2 rings (SSSR count). The van der Waals surface area contributed by atoms with Crippen molar-refractivity contribution >= 4 is 50.5 Å². The molecule has 1 atom stereocenters. The molecule has 0 N–H and O–H groups in total. The molecule has 0 aliphatic carbocycles. The molecule has 0 amide bonds. The van der Waals surface area contributed by atoms with Crippen LogP contribution in [0.25, 0.3) is 11.1 Å². The standard InChI is InChI=1S/C9H5IN4P.3CH3.Sn/c10-15-14-6-7(5-13-14)8-2-1-3-12-9(8)4-11;;;;/h1-2,5-6,15H;3*1H3;. The minimum absolute atomic E-state index is 0.514. The summed E-state index contributed by atoms with van der Waals surface area (Å²) in [6.45, 7) is 0. The van der Waals surface area contributed by atoms with Crippen LogP contribution < -0.4 is 3.71 Å². The quantitative estimate of drug-likeness (QED) is 0.377. The van der Waals surface area contributed by atoms with Crippen molar-refractivity contribution in [1.29, 1.82) is 5.26 Å². The average molecular weight is 491 g/mol. The molecule has 19 heavy (non-hydrogen) atoms. The Morgan fingerprint density at radius 3 is 2.63 bits per heavy atom. The fourth-order valence-electron chi connectivity index (χ4n) is 1.70. The van der Waals surface area contributed by atoms with E-state index in [1.807, 2.05) is 16.7 Å². The van der Waals surface area contributed by atoms with Crippen LogP contribution in [0.4, 0.5) is 0 Å². The van der Waals surface area contributed by atoms with Gasteiger partial charge in [0.25, 0.3) is 0 Å². The Bertz CT molecular complexity index is 642. The van der Waals surface area contributed by atoms with Crippen LogP contribution in [0, 0.1) is 11.3 Å². The number of nitrogens with zero attached hydrogens (tertiary/aromatic N) is 4. The Kier molecular flexibility index (Phi) is 4.85. The summed E-state index contributed by atoms with van der Waals surface area (Å²) >= 11 is 0.0533. The molecule has 0 radical (unpaired) electrons. The Labute approximate surface area is 131 Å². The van der Waals surface area contributed by atoms with Crippen LogP contribution >= 0.6 is 28.4 Å². The molecule has 2 aromatic rings. The van der Waals surface area contributed by atoms with Gasteiger partial charge in [0.1, 0.15) is 0 Å². The van der Waals surface area contributed by atoms with Gasteiger partial charge in [-0.05, 0) is 0 Å². The van der Waals surface area contributed by atoms with Crippen molar-refractivity contribution in [3.63, 3.8) is 0 Å². The van der Waals surface area contributed by atoms with Crippen molar-refractivity contribution < 1.29 is 0 Å². The first-order valence-corrected chi connectivity index (χ1v) is 19.8. The number of hydrogen-bond acceptors (Lipinski definition) is 3. The molecule has 0 aliphatic heterocycles. The van der Waals surface area contributed by atoms with Crippen LogP contribution in [0.3, 0.4) is 0 Å². The van der Waals surface area contributed by atoms with E-state index in [2.05, 4.69) is 59.1 Å². The SMILES string of the molecule is [CH3][Sn]([CH3])([CH3])[c]1ccc(-c2cnn(PI)c2)c(C#N)n1. The number of aromatic nitrogens is 3. The van der Waals surface area contributed by atoms with E-state index in [0.717, 1.165) is 14.8 Å². The maximum atomic E-state index is 9.32. The summed E-state index contributed by atoms with van der Waals surface area (Å²) in [6, 6.07) is 6.31. The molecule has 0 spiro atoms. The molecule has 4 nitrogen and oxygen atoms in total. The van der Waals surface area contributed by atoms with E-state index in [-0.39, 0.29) is 0 Å². The molecule has 0 aliphatic rings. The van der Waals surface area contributed by atoms with Crippen LogP contribution in [-0.4, -0.2) is 32.9 Å². The number of nitriles is 1. The zero-order valence-corrected chi connectivity index (χ0v) is 17.0. The van der Waals surface area contributed by atoms with Crippen LogP contribution in [0.15, 0.2) is 24.5 Å². The Balaban J connectivity index is 2.50. The monoisotopic (exact) mass is 492 g/mol. The molecular formula is C12H14IN4PSn. The molecule has 2 heterocycles. The molecule has 2 aromatic heterocycles. The Morgan fingerprint density at radius 1 is 1.37 bits per heavy atom. The second kappa shape index (κ2) is 6.06. The second-order valence-electron chi connectivity index (χ2n) is 5.21. The van der Waals surface area contributed by atoms with Gasteiger partial charge in [0, 0.05) is 0 Å². The number of pyridine rings is 1. The van der Waals surface area contributed by atoms with E-state index < -0.39 is 18.4 Å². The van der Waals surface area contributed by atoms with Gasteiger partial charge in [-0.1, -0.05) is 0 Å². The molecular weight excluding hydrogens is 477 g/mol. The van der Waals surface area contributed by atoms with E-state index >= 15 is 0 Å². The third-order valence-corrected chi connectivity index (χ3v) is 9.83. The maximum absolute atomic E-state index is 9.32. The summed E-state index contributed by atoms with van der Waals surface area (Å²) in [6.07, 6.45) is 4.32. The first kappa shape index (κ1) is 15.2. The van der Waals surface area contributed by atoms with Crippen molar-refractivity contribution in [3.05, 3.63) is 30.2 Å². The molecule has 0 aromatic carbocycles. The zero-order chi connectivity index (χ0) is 14.0.